The molecule has 2 aliphatic heterocycles. The van der Waals surface area contributed by atoms with Crippen molar-refractivity contribution < 1.29 is 19.5 Å². The molecule has 0 radical (unpaired) electrons. The van der Waals surface area contributed by atoms with Gasteiger partial charge in [-0.3, -0.25) is 9.59 Å². The Kier molecular flexibility index (Phi) is 6.39. The highest BCUT2D eigenvalue weighted by Gasteiger charge is 2.42. The highest BCUT2D eigenvalue weighted by atomic mass is 32.2. The second kappa shape index (κ2) is 8.07. The maximum Gasteiger partial charge on any atom is 0.321 e. The Morgan fingerprint density at radius 2 is 2.18 bits per heavy atom. The summed E-state index contributed by atoms with van der Waals surface area (Å²) in [6.07, 6.45) is 3.12. The molecule has 0 unspecified atom stereocenters. The zero-order valence-electron chi connectivity index (χ0n) is 12.1. The van der Waals surface area contributed by atoms with Crippen LogP contribution in [0, 0.1) is 0 Å². The molecule has 5 N–H and O–H groups in total. The van der Waals surface area contributed by atoms with Gasteiger partial charge in [-0.1, -0.05) is 18.2 Å². The summed E-state index contributed by atoms with van der Waals surface area (Å²) in [4.78, 5) is 33.4. The summed E-state index contributed by atoms with van der Waals surface area (Å²) in [6.45, 7) is 0. The highest BCUT2D eigenvalue weighted by Crippen LogP contribution is 2.33. The third-order valence-electron chi connectivity index (χ3n) is 3.80. The molecular formula is C13H21N3O4S2. The summed E-state index contributed by atoms with van der Waals surface area (Å²) in [5.41, 5.74) is 5.35. The summed E-state index contributed by atoms with van der Waals surface area (Å²) >= 11 is 2.86. The summed E-state index contributed by atoms with van der Waals surface area (Å²) in [5, 5.41) is 14.9. The van der Waals surface area contributed by atoms with Gasteiger partial charge in [0.2, 0.25) is 0 Å². The molecule has 22 heavy (non-hydrogen) atoms. The molecule has 0 aromatic rings. The second-order valence-corrected chi connectivity index (χ2v) is 7.84. The van der Waals surface area contributed by atoms with Crippen molar-refractivity contribution in [2.45, 2.75) is 49.1 Å². The number of amides is 2. The van der Waals surface area contributed by atoms with E-state index < -0.39 is 12.0 Å². The van der Waals surface area contributed by atoms with Crippen LogP contribution in [-0.2, 0) is 9.59 Å². The molecular weight excluding hydrogens is 326 g/mol. The minimum absolute atomic E-state index is 0.00973. The number of carbonyl (C=O) groups excluding carboxylic acids is 2. The van der Waals surface area contributed by atoms with Crippen molar-refractivity contribution >= 4 is 40.6 Å². The third-order valence-corrected chi connectivity index (χ3v) is 6.36. The molecule has 0 aliphatic carbocycles. The number of carboxylic acids is 1. The van der Waals surface area contributed by atoms with Gasteiger partial charge in [0.1, 0.15) is 6.04 Å². The van der Waals surface area contributed by atoms with Gasteiger partial charge in [0.05, 0.1) is 12.1 Å². The Balaban J connectivity index is 1.56. The SMILES string of the molecule is N[C@@H](CSC(=O)CCCC[C@@H]1SC[C@@H]2NC(=O)N[C@@H]21)C(=O)O. The number of carboxylic acid groups (broad SMARTS) is 1. The van der Waals surface area contributed by atoms with Crippen LogP contribution in [0.15, 0.2) is 0 Å². The number of hydrogen-bond donors (Lipinski definition) is 4. The number of fused-ring (bicyclic) bond motifs is 1. The van der Waals surface area contributed by atoms with E-state index in [2.05, 4.69) is 10.6 Å². The molecule has 2 aliphatic rings. The number of carbonyl (C=O) groups is 3. The number of nitrogens with two attached hydrogens (primary N) is 1. The fraction of sp³-hybridized carbons (Fsp3) is 0.769. The maximum atomic E-state index is 11.6. The molecule has 2 rings (SSSR count). The Bertz CT molecular complexity index is 449. The van der Waals surface area contributed by atoms with Gasteiger partial charge >= 0.3 is 12.0 Å². The van der Waals surface area contributed by atoms with Crippen molar-refractivity contribution in [3.63, 3.8) is 0 Å². The molecule has 2 fully saturated rings. The number of thioether (sulfide) groups is 2. The lowest BCUT2D eigenvalue weighted by atomic mass is 10.0. The zero-order valence-corrected chi connectivity index (χ0v) is 13.8. The third kappa shape index (κ3) is 4.79. The Morgan fingerprint density at radius 1 is 1.41 bits per heavy atom. The molecule has 0 aromatic heterocycles. The van der Waals surface area contributed by atoms with E-state index in [0.29, 0.717) is 11.7 Å². The van der Waals surface area contributed by atoms with Gasteiger partial charge in [-0.25, -0.2) is 4.79 Å². The molecule has 0 saturated carbocycles. The lowest BCUT2D eigenvalue weighted by Crippen LogP contribution is -2.36. The standard InChI is InChI=1S/C13H21N3O4S2/c14-7(12(18)19)5-22-10(17)4-2-1-3-9-11-8(6-21-9)15-13(20)16-11/h7-9,11H,1-6,14H2,(H,18,19)(H2,15,16,20)/t7-,8-,9-,11-/m0/s1. The first kappa shape index (κ1) is 17.4. The predicted molar refractivity (Wildman–Crippen MR) is 87.0 cm³/mol. The first-order chi connectivity index (χ1) is 10.5. The van der Waals surface area contributed by atoms with Crippen LogP contribution in [0.25, 0.3) is 0 Å². The van der Waals surface area contributed by atoms with Crippen LogP contribution in [0.4, 0.5) is 4.79 Å². The van der Waals surface area contributed by atoms with E-state index >= 15 is 0 Å². The molecule has 124 valence electrons. The quantitative estimate of drug-likeness (QED) is 0.370. The molecule has 0 aromatic carbocycles. The molecule has 4 atom stereocenters. The Morgan fingerprint density at radius 3 is 2.91 bits per heavy atom. The summed E-state index contributed by atoms with van der Waals surface area (Å²) in [5.74, 6) is -0.0235. The number of urea groups is 1. The Hall–Kier alpha value is -0.930. The van der Waals surface area contributed by atoms with E-state index in [4.69, 9.17) is 10.8 Å². The molecule has 2 heterocycles. The summed E-state index contributed by atoms with van der Waals surface area (Å²) in [7, 11) is 0. The van der Waals surface area contributed by atoms with Crippen molar-refractivity contribution in [2.24, 2.45) is 5.73 Å². The van der Waals surface area contributed by atoms with Crippen LogP contribution in [0.3, 0.4) is 0 Å². The molecule has 0 bridgehead atoms. The minimum atomic E-state index is -1.08. The summed E-state index contributed by atoms with van der Waals surface area (Å²) in [6, 6.07) is -0.630. The van der Waals surface area contributed by atoms with Crippen molar-refractivity contribution in [1.29, 1.82) is 0 Å². The smallest absolute Gasteiger partial charge is 0.321 e. The molecule has 7 nitrogen and oxygen atoms in total. The second-order valence-electron chi connectivity index (χ2n) is 5.50. The van der Waals surface area contributed by atoms with Gasteiger partial charge in [0.15, 0.2) is 5.12 Å². The lowest BCUT2D eigenvalue weighted by Gasteiger charge is -2.16. The van der Waals surface area contributed by atoms with Gasteiger partial charge in [0.25, 0.3) is 0 Å². The van der Waals surface area contributed by atoms with E-state index in [1.165, 1.54) is 0 Å². The average Bonchev–Trinajstić information content (AvgIpc) is 3.00. The van der Waals surface area contributed by atoms with Gasteiger partial charge < -0.3 is 21.5 Å². The van der Waals surface area contributed by atoms with Crippen LogP contribution < -0.4 is 16.4 Å². The minimum Gasteiger partial charge on any atom is -0.480 e. The van der Waals surface area contributed by atoms with Crippen LogP contribution in [0.2, 0.25) is 0 Å². The van der Waals surface area contributed by atoms with Crippen LogP contribution in [0.1, 0.15) is 25.7 Å². The fourth-order valence-electron chi connectivity index (χ4n) is 2.58. The van der Waals surface area contributed by atoms with Crippen molar-refractivity contribution in [3.8, 4) is 0 Å². The van der Waals surface area contributed by atoms with E-state index in [1.54, 1.807) is 0 Å². The number of rotatable bonds is 8. The van der Waals surface area contributed by atoms with E-state index in [9.17, 15) is 14.4 Å². The van der Waals surface area contributed by atoms with E-state index in [0.717, 1.165) is 36.8 Å². The Labute approximate surface area is 137 Å². The van der Waals surface area contributed by atoms with Crippen molar-refractivity contribution in [2.75, 3.05) is 11.5 Å². The van der Waals surface area contributed by atoms with Gasteiger partial charge in [-0.05, 0) is 12.8 Å². The largest absolute Gasteiger partial charge is 0.480 e. The van der Waals surface area contributed by atoms with Crippen LogP contribution in [0.5, 0.6) is 0 Å². The number of aliphatic carboxylic acids is 1. The first-order valence-electron chi connectivity index (χ1n) is 7.30. The molecule has 0 spiro atoms. The predicted octanol–water partition coefficient (Wildman–Crippen LogP) is 0.384. The highest BCUT2D eigenvalue weighted by molar-refractivity contribution is 8.13. The van der Waals surface area contributed by atoms with Gasteiger partial charge in [0, 0.05) is 23.2 Å². The van der Waals surface area contributed by atoms with Crippen molar-refractivity contribution in [3.05, 3.63) is 0 Å². The average molecular weight is 347 g/mol. The van der Waals surface area contributed by atoms with E-state index in [1.807, 2.05) is 11.8 Å². The van der Waals surface area contributed by atoms with E-state index in [-0.39, 0.29) is 29.0 Å². The number of nitrogens with one attached hydrogen (secondary N) is 2. The topological polar surface area (TPSA) is 122 Å². The maximum absolute atomic E-state index is 11.6. The number of unbranched alkanes of at least 4 members (excludes halogenated alkanes) is 1. The van der Waals surface area contributed by atoms with Gasteiger partial charge in [-0.2, -0.15) is 11.8 Å². The number of hydrogen-bond acceptors (Lipinski definition) is 6. The monoisotopic (exact) mass is 347 g/mol. The van der Waals surface area contributed by atoms with Crippen LogP contribution >= 0.6 is 23.5 Å². The van der Waals surface area contributed by atoms with Gasteiger partial charge in [-0.15, -0.1) is 0 Å². The molecule has 2 amide bonds. The zero-order chi connectivity index (χ0) is 16.1. The molecule has 2 saturated heterocycles. The summed E-state index contributed by atoms with van der Waals surface area (Å²) < 4.78 is 0. The van der Waals surface area contributed by atoms with Crippen molar-refractivity contribution in [1.82, 2.24) is 10.6 Å². The first-order valence-corrected chi connectivity index (χ1v) is 9.33. The lowest BCUT2D eigenvalue weighted by molar-refractivity contribution is -0.137. The fourth-order valence-corrected chi connectivity index (χ4v) is 4.92. The normalized spacial score (nSPS) is 27.9. The molecule has 9 heteroatoms. The van der Waals surface area contributed by atoms with Crippen LogP contribution in [-0.4, -0.2) is 57.1 Å².